The average Bonchev–Trinajstić information content (AvgIpc) is 2.56. The van der Waals surface area contributed by atoms with Gasteiger partial charge in [0, 0.05) is 6.54 Å². The molecule has 0 aliphatic heterocycles. The van der Waals surface area contributed by atoms with Crippen molar-refractivity contribution >= 4 is 11.6 Å². The van der Waals surface area contributed by atoms with E-state index >= 15 is 0 Å². The van der Waals surface area contributed by atoms with Crippen molar-refractivity contribution in [2.45, 2.75) is 46.0 Å². The Labute approximate surface area is 90.4 Å². The van der Waals surface area contributed by atoms with Gasteiger partial charge in [-0.1, -0.05) is 26.0 Å². The number of aryl methyl sites for hydroxylation is 1. The van der Waals surface area contributed by atoms with Gasteiger partial charge in [0.2, 0.25) is 0 Å². The lowest BCUT2D eigenvalue weighted by atomic mass is 10.1. The van der Waals surface area contributed by atoms with Crippen LogP contribution in [0.1, 0.15) is 38.6 Å². The Morgan fingerprint density at radius 2 is 2.14 bits per heavy atom. The Kier molecular flexibility index (Phi) is 4.39. The lowest BCUT2D eigenvalue weighted by Crippen LogP contribution is -2.07. The third kappa shape index (κ3) is 2.71. The SMILES string of the molecule is CCc1c(CCl)nnn1CCC(C)C. The van der Waals surface area contributed by atoms with E-state index in [1.807, 2.05) is 4.68 Å². The van der Waals surface area contributed by atoms with E-state index in [-0.39, 0.29) is 0 Å². The Balaban J connectivity index is 2.71. The lowest BCUT2D eigenvalue weighted by molar-refractivity contribution is 0.468. The van der Waals surface area contributed by atoms with E-state index in [4.69, 9.17) is 11.6 Å². The van der Waals surface area contributed by atoms with Gasteiger partial charge in [0.15, 0.2) is 0 Å². The van der Waals surface area contributed by atoms with Gasteiger partial charge in [0.05, 0.1) is 11.6 Å². The fourth-order valence-electron chi connectivity index (χ4n) is 1.42. The molecule has 0 unspecified atom stereocenters. The predicted molar refractivity (Wildman–Crippen MR) is 58.4 cm³/mol. The highest BCUT2D eigenvalue weighted by molar-refractivity contribution is 6.16. The van der Waals surface area contributed by atoms with E-state index in [0.717, 1.165) is 25.1 Å². The molecule has 0 saturated carbocycles. The largest absolute Gasteiger partial charge is 0.249 e. The summed E-state index contributed by atoms with van der Waals surface area (Å²) in [7, 11) is 0. The standard InChI is InChI=1S/C10H18ClN3/c1-4-10-9(7-11)12-13-14(10)6-5-8(2)3/h8H,4-7H2,1-3H3. The van der Waals surface area contributed by atoms with Gasteiger partial charge in [0.25, 0.3) is 0 Å². The fraction of sp³-hybridized carbons (Fsp3) is 0.800. The van der Waals surface area contributed by atoms with Gasteiger partial charge in [-0.05, 0) is 18.8 Å². The molecule has 0 saturated heterocycles. The van der Waals surface area contributed by atoms with Gasteiger partial charge in [0.1, 0.15) is 5.69 Å². The van der Waals surface area contributed by atoms with Crippen LogP contribution in [-0.2, 0) is 18.8 Å². The minimum Gasteiger partial charge on any atom is -0.249 e. The van der Waals surface area contributed by atoms with Crippen molar-refractivity contribution in [1.82, 2.24) is 15.0 Å². The molecule has 0 bridgehead atoms. The topological polar surface area (TPSA) is 30.7 Å². The lowest BCUT2D eigenvalue weighted by Gasteiger charge is -2.07. The van der Waals surface area contributed by atoms with E-state index in [1.165, 1.54) is 5.69 Å². The van der Waals surface area contributed by atoms with Crippen molar-refractivity contribution in [3.8, 4) is 0 Å². The van der Waals surface area contributed by atoms with E-state index in [0.29, 0.717) is 11.8 Å². The first-order valence-corrected chi connectivity index (χ1v) is 5.69. The fourth-order valence-corrected chi connectivity index (χ4v) is 1.63. The van der Waals surface area contributed by atoms with Crippen molar-refractivity contribution in [1.29, 1.82) is 0 Å². The maximum atomic E-state index is 5.77. The number of aromatic nitrogens is 3. The van der Waals surface area contributed by atoms with Gasteiger partial charge < -0.3 is 0 Å². The summed E-state index contributed by atoms with van der Waals surface area (Å²) in [6.45, 7) is 7.49. The molecule has 0 amide bonds. The molecule has 0 fully saturated rings. The third-order valence-corrected chi connectivity index (χ3v) is 2.55. The molecule has 80 valence electrons. The summed E-state index contributed by atoms with van der Waals surface area (Å²) in [6.07, 6.45) is 2.09. The summed E-state index contributed by atoms with van der Waals surface area (Å²) in [6, 6.07) is 0. The highest BCUT2D eigenvalue weighted by Crippen LogP contribution is 2.11. The van der Waals surface area contributed by atoms with Gasteiger partial charge >= 0.3 is 0 Å². The molecule has 4 heteroatoms. The minimum absolute atomic E-state index is 0.463. The molecular weight excluding hydrogens is 198 g/mol. The molecule has 1 aromatic rings. The zero-order valence-electron chi connectivity index (χ0n) is 9.13. The summed E-state index contributed by atoms with van der Waals surface area (Å²) >= 11 is 5.77. The smallest absolute Gasteiger partial charge is 0.101 e. The number of hydrogen-bond acceptors (Lipinski definition) is 2. The van der Waals surface area contributed by atoms with E-state index in [1.54, 1.807) is 0 Å². The van der Waals surface area contributed by atoms with Crippen LogP contribution in [0.4, 0.5) is 0 Å². The van der Waals surface area contributed by atoms with E-state index in [9.17, 15) is 0 Å². The molecule has 0 radical (unpaired) electrons. The van der Waals surface area contributed by atoms with Crippen LogP contribution < -0.4 is 0 Å². The van der Waals surface area contributed by atoms with Crippen molar-refractivity contribution in [3.63, 3.8) is 0 Å². The van der Waals surface area contributed by atoms with Crippen LogP contribution in [0.2, 0.25) is 0 Å². The Morgan fingerprint density at radius 3 is 2.64 bits per heavy atom. The van der Waals surface area contributed by atoms with Crippen LogP contribution in [0.15, 0.2) is 0 Å². The van der Waals surface area contributed by atoms with E-state index < -0.39 is 0 Å². The predicted octanol–water partition coefficient (Wildman–Crippen LogP) is 2.63. The zero-order valence-corrected chi connectivity index (χ0v) is 9.88. The van der Waals surface area contributed by atoms with Crippen LogP contribution in [0.5, 0.6) is 0 Å². The number of alkyl halides is 1. The minimum atomic E-state index is 0.463. The second kappa shape index (κ2) is 5.35. The average molecular weight is 216 g/mol. The van der Waals surface area contributed by atoms with Crippen molar-refractivity contribution in [3.05, 3.63) is 11.4 Å². The van der Waals surface area contributed by atoms with Gasteiger partial charge in [-0.3, -0.25) is 0 Å². The molecule has 0 N–H and O–H groups in total. The molecule has 1 rings (SSSR count). The normalized spacial score (nSPS) is 11.2. The highest BCUT2D eigenvalue weighted by atomic mass is 35.5. The summed E-state index contributed by atoms with van der Waals surface area (Å²) in [5, 5.41) is 8.18. The number of nitrogens with zero attached hydrogens (tertiary/aromatic N) is 3. The van der Waals surface area contributed by atoms with Crippen molar-refractivity contribution < 1.29 is 0 Å². The Hall–Kier alpha value is -0.570. The maximum absolute atomic E-state index is 5.77. The van der Waals surface area contributed by atoms with Crippen LogP contribution in [-0.4, -0.2) is 15.0 Å². The molecular formula is C10H18ClN3. The van der Waals surface area contributed by atoms with Crippen LogP contribution in [0.3, 0.4) is 0 Å². The molecule has 0 aliphatic rings. The first kappa shape index (κ1) is 11.5. The Morgan fingerprint density at radius 1 is 1.43 bits per heavy atom. The zero-order chi connectivity index (χ0) is 10.6. The molecule has 0 aliphatic carbocycles. The molecule has 14 heavy (non-hydrogen) atoms. The van der Waals surface area contributed by atoms with Gasteiger partial charge in [-0.25, -0.2) is 4.68 Å². The number of rotatable bonds is 5. The molecule has 0 atom stereocenters. The van der Waals surface area contributed by atoms with Gasteiger partial charge in [-0.2, -0.15) is 0 Å². The summed E-state index contributed by atoms with van der Waals surface area (Å²) in [4.78, 5) is 0. The molecule has 0 spiro atoms. The first-order valence-electron chi connectivity index (χ1n) is 5.16. The number of hydrogen-bond donors (Lipinski definition) is 0. The molecule has 1 heterocycles. The number of halogens is 1. The Bertz CT molecular complexity index is 281. The van der Waals surface area contributed by atoms with Crippen LogP contribution in [0.25, 0.3) is 0 Å². The quantitative estimate of drug-likeness (QED) is 0.707. The van der Waals surface area contributed by atoms with Crippen LogP contribution in [0, 0.1) is 5.92 Å². The summed E-state index contributed by atoms with van der Waals surface area (Å²) in [5.41, 5.74) is 2.11. The molecule has 0 aromatic carbocycles. The maximum Gasteiger partial charge on any atom is 0.101 e. The third-order valence-electron chi connectivity index (χ3n) is 2.30. The van der Waals surface area contributed by atoms with Crippen molar-refractivity contribution in [2.24, 2.45) is 5.92 Å². The highest BCUT2D eigenvalue weighted by Gasteiger charge is 2.09. The summed E-state index contributed by atoms with van der Waals surface area (Å²) < 4.78 is 1.98. The summed E-state index contributed by atoms with van der Waals surface area (Å²) in [5.74, 6) is 1.16. The first-order chi connectivity index (χ1) is 6.69. The molecule has 3 nitrogen and oxygen atoms in total. The second-order valence-corrected chi connectivity index (χ2v) is 4.14. The van der Waals surface area contributed by atoms with Gasteiger partial charge in [-0.15, -0.1) is 16.7 Å². The van der Waals surface area contributed by atoms with Crippen LogP contribution >= 0.6 is 11.6 Å². The van der Waals surface area contributed by atoms with E-state index in [2.05, 4.69) is 31.1 Å². The second-order valence-electron chi connectivity index (χ2n) is 3.88. The van der Waals surface area contributed by atoms with Crippen molar-refractivity contribution in [2.75, 3.05) is 0 Å². The molecule has 1 aromatic heterocycles. The monoisotopic (exact) mass is 215 g/mol.